The van der Waals surface area contributed by atoms with Crippen LogP contribution < -0.4 is 15.3 Å². The second-order valence-electron chi connectivity index (χ2n) is 7.38. The van der Waals surface area contributed by atoms with E-state index in [2.05, 4.69) is 10.1 Å². The third-order valence-electron chi connectivity index (χ3n) is 4.99. The van der Waals surface area contributed by atoms with Gasteiger partial charge in [0.15, 0.2) is 0 Å². The molecule has 0 aliphatic carbocycles. The number of aromatic nitrogens is 2. The summed E-state index contributed by atoms with van der Waals surface area (Å²) in [7, 11) is 0. The number of nitrogens with two attached hydrogens (primary N) is 1. The number of aryl methyl sites for hydroxylation is 1. The summed E-state index contributed by atoms with van der Waals surface area (Å²) in [6.45, 7) is 2.42. The van der Waals surface area contributed by atoms with Gasteiger partial charge < -0.3 is 20.0 Å². The molecule has 4 rings (SSSR count). The number of hydrogen-bond acceptors (Lipinski definition) is 6. The lowest BCUT2D eigenvalue weighted by atomic mass is 10.1. The zero-order chi connectivity index (χ0) is 23.9. The minimum absolute atomic E-state index is 0.0308. The lowest BCUT2D eigenvalue weighted by Crippen LogP contribution is -2.17. The van der Waals surface area contributed by atoms with E-state index in [1.807, 2.05) is 60.7 Å². The highest BCUT2D eigenvalue weighted by atomic mass is 16.7. The van der Waals surface area contributed by atoms with Crippen molar-refractivity contribution in [2.24, 2.45) is 10.7 Å². The Morgan fingerprint density at radius 2 is 1.68 bits per heavy atom. The van der Waals surface area contributed by atoms with Crippen LogP contribution in [0, 0.1) is 6.92 Å². The predicted octanol–water partition coefficient (Wildman–Crippen LogP) is 3.55. The van der Waals surface area contributed by atoms with E-state index in [9.17, 15) is 9.59 Å². The van der Waals surface area contributed by atoms with Crippen LogP contribution in [0.4, 0.5) is 4.79 Å². The molecule has 0 saturated heterocycles. The Kier molecular flexibility index (Phi) is 6.83. The quantitative estimate of drug-likeness (QED) is 0.244. The molecule has 3 aromatic carbocycles. The molecule has 0 aliphatic heterocycles. The fraction of sp³-hybridized carbons (Fsp3) is 0.120. The fourth-order valence-electron chi connectivity index (χ4n) is 3.38. The summed E-state index contributed by atoms with van der Waals surface area (Å²) in [5.41, 5.74) is 9.53. The van der Waals surface area contributed by atoms with Crippen molar-refractivity contribution in [2.75, 3.05) is 0 Å². The molecule has 0 aliphatic rings. The number of fused-ring (bicyclic) bond motifs is 1. The van der Waals surface area contributed by atoms with Crippen LogP contribution in [-0.2, 0) is 22.7 Å². The van der Waals surface area contributed by atoms with E-state index in [4.69, 9.17) is 20.0 Å². The molecule has 9 nitrogen and oxygen atoms in total. The minimum atomic E-state index is -0.807. The van der Waals surface area contributed by atoms with E-state index in [0.29, 0.717) is 28.5 Å². The molecule has 172 valence electrons. The highest BCUT2D eigenvalue weighted by Crippen LogP contribution is 2.29. The lowest BCUT2D eigenvalue weighted by molar-refractivity contribution is -0.121. The van der Waals surface area contributed by atoms with E-state index >= 15 is 0 Å². The van der Waals surface area contributed by atoms with Gasteiger partial charge >= 0.3 is 6.09 Å². The summed E-state index contributed by atoms with van der Waals surface area (Å²) in [6, 6.07) is 22.2. The molecule has 0 atom stereocenters. The Morgan fingerprint density at radius 3 is 2.32 bits per heavy atom. The standard InChI is InChI=1S/C25H22N4O5/c1-17-12-20(23(26)27-25(31)32-14-18-8-4-2-5-9-18)13-21-22(17)24(33-16-30)28-29(21)34-15-19-10-6-3-7-11-19/h2-13,16H,14-15H2,1H3,(H2,26,27,31). The number of amides is 1. The monoisotopic (exact) mass is 458 g/mol. The number of hydrogen-bond donors (Lipinski definition) is 1. The van der Waals surface area contributed by atoms with Crippen molar-refractivity contribution in [1.82, 2.24) is 9.94 Å². The van der Waals surface area contributed by atoms with E-state index in [0.717, 1.165) is 11.1 Å². The second-order valence-corrected chi connectivity index (χ2v) is 7.38. The van der Waals surface area contributed by atoms with Crippen LogP contribution in [0.2, 0.25) is 0 Å². The number of benzene rings is 3. The van der Waals surface area contributed by atoms with Gasteiger partial charge in [0.25, 0.3) is 12.4 Å². The van der Waals surface area contributed by atoms with Crippen LogP contribution in [0.3, 0.4) is 0 Å². The van der Waals surface area contributed by atoms with Crippen LogP contribution in [0.25, 0.3) is 10.9 Å². The van der Waals surface area contributed by atoms with Gasteiger partial charge in [-0.25, -0.2) is 4.79 Å². The summed E-state index contributed by atoms with van der Waals surface area (Å²) < 4.78 is 10.2. The van der Waals surface area contributed by atoms with E-state index in [1.165, 1.54) is 4.85 Å². The molecular weight excluding hydrogens is 436 g/mol. The Balaban J connectivity index is 1.60. The van der Waals surface area contributed by atoms with Crippen LogP contribution in [0.15, 0.2) is 77.8 Å². The number of carbonyl (C=O) groups excluding carboxylic acids is 2. The summed E-state index contributed by atoms with van der Waals surface area (Å²) in [6.07, 6.45) is -0.807. The van der Waals surface area contributed by atoms with Gasteiger partial charge in [-0.05, 0) is 35.7 Å². The van der Waals surface area contributed by atoms with Crippen molar-refractivity contribution in [3.63, 3.8) is 0 Å². The Hall–Kier alpha value is -4.66. The first-order valence-corrected chi connectivity index (χ1v) is 10.4. The van der Waals surface area contributed by atoms with Crippen LogP contribution in [-0.4, -0.2) is 28.3 Å². The average Bonchev–Trinajstić information content (AvgIpc) is 3.21. The number of ether oxygens (including phenoxy) is 2. The number of aliphatic imine (C=N–C) groups is 1. The zero-order valence-electron chi connectivity index (χ0n) is 18.4. The first-order chi connectivity index (χ1) is 16.5. The summed E-state index contributed by atoms with van der Waals surface area (Å²) in [5.74, 6) is 0.0663. The third-order valence-corrected chi connectivity index (χ3v) is 4.99. The molecule has 0 spiro atoms. The van der Waals surface area contributed by atoms with E-state index in [1.54, 1.807) is 19.1 Å². The lowest BCUT2D eigenvalue weighted by Gasteiger charge is -2.08. The van der Waals surface area contributed by atoms with Crippen LogP contribution in [0.5, 0.6) is 5.88 Å². The fourth-order valence-corrected chi connectivity index (χ4v) is 3.38. The van der Waals surface area contributed by atoms with Crippen molar-refractivity contribution in [1.29, 1.82) is 0 Å². The number of amidine groups is 1. The molecule has 4 aromatic rings. The van der Waals surface area contributed by atoms with Crippen molar-refractivity contribution in [3.8, 4) is 5.88 Å². The molecule has 1 heterocycles. The van der Waals surface area contributed by atoms with Crippen LogP contribution >= 0.6 is 0 Å². The number of rotatable bonds is 8. The normalized spacial score (nSPS) is 11.3. The van der Waals surface area contributed by atoms with Crippen molar-refractivity contribution in [3.05, 3.63) is 95.1 Å². The molecule has 0 unspecified atom stereocenters. The van der Waals surface area contributed by atoms with Gasteiger partial charge in [0, 0.05) is 5.56 Å². The number of nitrogens with zero attached hydrogens (tertiary/aromatic N) is 3. The van der Waals surface area contributed by atoms with Crippen molar-refractivity contribution in [2.45, 2.75) is 20.1 Å². The highest BCUT2D eigenvalue weighted by Gasteiger charge is 2.18. The molecule has 9 heteroatoms. The molecular formula is C25H22N4O5. The predicted molar refractivity (Wildman–Crippen MR) is 125 cm³/mol. The van der Waals surface area contributed by atoms with Gasteiger partial charge in [-0.15, -0.1) is 0 Å². The SMILES string of the molecule is Cc1cc(C(N)=NC(=O)OCc2ccccc2)cc2c1c(OC=O)nn2OCc1ccccc1. The maximum atomic E-state index is 12.2. The van der Waals surface area contributed by atoms with Gasteiger partial charge in [-0.1, -0.05) is 70.6 Å². The molecule has 0 saturated carbocycles. The molecule has 0 radical (unpaired) electrons. The minimum Gasteiger partial charge on any atom is -0.443 e. The second kappa shape index (κ2) is 10.3. The largest absolute Gasteiger partial charge is 0.443 e. The van der Waals surface area contributed by atoms with Gasteiger partial charge in [-0.3, -0.25) is 4.79 Å². The molecule has 1 aromatic heterocycles. The Labute approximate surface area is 195 Å². The molecule has 34 heavy (non-hydrogen) atoms. The maximum absolute atomic E-state index is 12.2. The van der Waals surface area contributed by atoms with E-state index < -0.39 is 6.09 Å². The highest BCUT2D eigenvalue weighted by molar-refractivity contribution is 6.05. The number of carbonyl (C=O) groups is 2. The summed E-state index contributed by atoms with van der Waals surface area (Å²) in [5, 5.41) is 4.82. The molecule has 0 bridgehead atoms. The van der Waals surface area contributed by atoms with Gasteiger partial charge in [0.1, 0.15) is 24.6 Å². The topological polar surface area (TPSA) is 118 Å². The Morgan fingerprint density at radius 1 is 1.03 bits per heavy atom. The van der Waals surface area contributed by atoms with Crippen LogP contribution in [0.1, 0.15) is 22.3 Å². The summed E-state index contributed by atoms with van der Waals surface area (Å²) in [4.78, 5) is 34.1. The third kappa shape index (κ3) is 5.21. The first-order valence-electron chi connectivity index (χ1n) is 10.4. The average molecular weight is 458 g/mol. The van der Waals surface area contributed by atoms with E-state index in [-0.39, 0.29) is 24.9 Å². The maximum Gasteiger partial charge on any atom is 0.435 e. The van der Waals surface area contributed by atoms with Crippen molar-refractivity contribution >= 4 is 29.3 Å². The smallest absolute Gasteiger partial charge is 0.435 e. The summed E-state index contributed by atoms with van der Waals surface area (Å²) >= 11 is 0. The molecule has 1 amide bonds. The molecule has 2 N–H and O–H groups in total. The van der Waals surface area contributed by atoms with Gasteiger partial charge in [0.05, 0.1) is 5.39 Å². The molecule has 0 fully saturated rings. The van der Waals surface area contributed by atoms with Gasteiger partial charge in [0.2, 0.25) is 0 Å². The van der Waals surface area contributed by atoms with Crippen molar-refractivity contribution < 1.29 is 23.9 Å². The van der Waals surface area contributed by atoms with Gasteiger partial charge in [-0.2, -0.15) is 4.99 Å². The zero-order valence-corrected chi connectivity index (χ0v) is 18.4. The first kappa shape index (κ1) is 22.5. The Bertz CT molecular complexity index is 1330.